The topological polar surface area (TPSA) is 68.3 Å². The first kappa shape index (κ1) is 14.9. The number of carbonyl (C=O) groups is 4. The number of ketones is 4. The standard InChI is InChI=1S/C20H16O4/c1-11-9-19-15(21)7-8-16(22)20(19,10-12(11)2)18(24)14-6-4-3-5-13(14)17(19)23/h3-8H,9-10H2,1-2H3. The fourth-order valence-electron chi connectivity index (χ4n) is 4.54. The number of benzene rings is 1. The van der Waals surface area contributed by atoms with Gasteiger partial charge in [-0.05, 0) is 38.8 Å². The summed E-state index contributed by atoms with van der Waals surface area (Å²) in [4.78, 5) is 52.6. The van der Waals surface area contributed by atoms with Crippen molar-refractivity contribution in [3.8, 4) is 0 Å². The molecule has 2 atom stereocenters. The Labute approximate surface area is 139 Å². The van der Waals surface area contributed by atoms with Crippen molar-refractivity contribution in [2.75, 3.05) is 0 Å². The SMILES string of the molecule is CC1=C(C)CC23C(=O)C=CC(=O)C2(C1)C(=O)c1ccccc1C3=O. The summed E-state index contributed by atoms with van der Waals surface area (Å²) in [5, 5.41) is 0. The number of allylic oxidation sites excluding steroid dienone is 4. The fourth-order valence-corrected chi connectivity index (χ4v) is 4.54. The minimum absolute atomic E-state index is 0.132. The van der Waals surface area contributed by atoms with Gasteiger partial charge in [0.1, 0.15) is 10.8 Å². The zero-order valence-electron chi connectivity index (χ0n) is 13.5. The van der Waals surface area contributed by atoms with Crippen LogP contribution in [-0.2, 0) is 9.59 Å². The molecule has 4 rings (SSSR count). The van der Waals surface area contributed by atoms with Crippen molar-refractivity contribution in [1.29, 1.82) is 0 Å². The molecule has 0 spiro atoms. The average molecular weight is 320 g/mol. The summed E-state index contributed by atoms with van der Waals surface area (Å²) >= 11 is 0. The highest BCUT2D eigenvalue weighted by Gasteiger charge is 2.72. The van der Waals surface area contributed by atoms with Gasteiger partial charge in [-0.3, -0.25) is 19.2 Å². The third kappa shape index (κ3) is 1.40. The van der Waals surface area contributed by atoms with E-state index in [2.05, 4.69) is 0 Å². The van der Waals surface area contributed by atoms with E-state index in [1.807, 2.05) is 13.8 Å². The fraction of sp³-hybridized carbons (Fsp3) is 0.300. The second-order valence-electron chi connectivity index (χ2n) is 6.99. The van der Waals surface area contributed by atoms with Gasteiger partial charge in [0.25, 0.3) is 0 Å². The molecule has 3 aliphatic carbocycles. The Morgan fingerprint density at radius 3 is 1.46 bits per heavy atom. The molecule has 0 saturated heterocycles. The lowest BCUT2D eigenvalue weighted by Gasteiger charge is -2.53. The van der Waals surface area contributed by atoms with Crippen LogP contribution in [0.5, 0.6) is 0 Å². The molecule has 0 aromatic heterocycles. The molecular weight excluding hydrogens is 304 g/mol. The molecule has 0 fully saturated rings. The van der Waals surface area contributed by atoms with Crippen LogP contribution in [0.25, 0.3) is 0 Å². The summed E-state index contributed by atoms with van der Waals surface area (Å²) in [7, 11) is 0. The van der Waals surface area contributed by atoms with Gasteiger partial charge in [-0.1, -0.05) is 35.4 Å². The van der Waals surface area contributed by atoms with Gasteiger partial charge in [-0.2, -0.15) is 0 Å². The largest absolute Gasteiger partial charge is 0.294 e. The highest BCUT2D eigenvalue weighted by Crippen LogP contribution is 2.60. The van der Waals surface area contributed by atoms with Crippen LogP contribution in [0.4, 0.5) is 0 Å². The number of hydrogen-bond donors (Lipinski definition) is 0. The smallest absolute Gasteiger partial charge is 0.179 e. The average Bonchev–Trinajstić information content (AvgIpc) is 2.58. The predicted octanol–water partition coefficient (Wildman–Crippen LogP) is 2.88. The molecule has 4 heteroatoms. The molecular formula is C20H16O4. The zero-order chi connectivity index (χ0) is 17.3. The summed E-state index contributed by atoms with van der Waals surface area (Å²) in [6, 6.07) is 6.50. The van der Waals surface area contributed by atoms with Crippen molar-refractivity contribution >= 4 is 23.1 Å². The monoisotopic (exact) mass is 320 g/mol. The summed E-state index contributed by atoms with van der Waals surface area (Å²) in [6.07, 6.45) is 2.61. The van der Waals surface area contributed by atoms with E-state index in [1.165, 1.54) is 12.2 Å². The van der Waals surface area contributed by atoms with E-state index in [1.54, 1.807) is 24.3 Å². The molecule has 120 valence electrons. The summed E-state index contributed by atoms with van der Waals surface area (Å²) in [5.74, 6) is -1.65. The minimum atomic E-state index is -1.62. The molecule has 0 radical (unpaired) electrons. The van der Waals surface area contributed by atoms with Gasteiger partial charge in [0.2, 0.25) is 0 Å². The van der Waals surface area contributed by atoms with E-state index >= 15 is 0 Å². The lowest BCUT2D eigenvalue weighted by atomic mass is 9.43. The Morgan fingerprint density at radius 2 is 1.08 bits per heavy atom. The quantitative estimate of drug-likeness (QED) is 0.544. The van der Waals surface area contributed by atoms with Gasteiger partial charge < -0.3 is 0 Å². The van der Waals surface area contributed by atoms with Crippen LogP contribution in [0.2, 0.25) is 0 Å². The highest BCUT2D eigenvalue weighted by atomic mass is 16.2. The molecule has 0 heterocycles. The van der Waals surface area contributed by atoms with Crippen LogP contribution in [0.15, 0.2) is 47.6 Å². The second-order valence-corrected chi connectivity index (χ2v) is 6.99. The molecule has 0 amide bonds. The molecule has 0 saturated carbocycles. The van der Waals surface area contributed by atoms with Crippen molar-refractivity contribution < 1.29 is 19.2 Å². The number of hydrogen-bond acceptors (Lipinski definition) is 4. The maximum Gasteiger partial charge on any atom is 0.179 e. The van der Waals surface area contributed by atoms with Crippen LogP contribution in [-0.4, -0.2) is 23.1 Å². The van der Waals surface area contributed by atoms with E-state index < -0.39 is 34.0 Å². The second kappa shape index (κ2) is 4.47. The summed E-state index contributed by atoms with van der Waals surface area (Å²) in [5.41, 5.74) is -0.920. The molecule has 0 N–H and O–H groups in total. The van der Waals surface area contributed by atoms with Crippen molar-refractivity contribution in [2.24, 2.45) is 10.8 Å². The van der Waals surface area contributed by atoms with Gasteiger partial charge in [0.05, 0.1) is 0 Å². The van der Waals surface area contributed by atoms with Crippen LogP contribution >= 0.6 is 0 Å². The van der Waals surface area contributed by atoms with Gasteiger partial charge >= 0.3 is 0 Å². The Balaban J connectivity index is 2.15. The van der Waals surface area contributed by atoms with E-state index in [9.17, 15) is 19.2 Å². The Morgan fingerprint density at radius 1 is 0.708 bits per heavy atom. The lowest BCUT2D eigenvalue weighted by molar-refractivity contribution is -0.139. The molecule has 1 aromatic carbocycles. The van der Waals surface area contributed by atoms with E-state index in [0.717, 1.165) is 11.1 Å². The van der Waals surface area contributed by atoms with E-state index in [4.69, 9.17) is 0 Å². The first-order chi connectivity index (χ1) is 11.4. The van der Waals surface area contributed by atoms with Crippen LogP contribution in [0, 0.1) is 10.8 Å². The molecule has 0 bridgehead atoms. The highest BCUT2D eigenvalue weighted by molar-refractivity contribution is 6.37. The van der Waals surface area contributed by atoms with Gasteiger partial charge in [-0.15, -0.1) is 0 Å². The van der Waals surface area contributed by atoms with Crippen molar-refractivity contribution in [3.63, 3.8) is 0 Å². The maximum atomic E-state index is 13.4. The number of rotatable bonds is 0. The van der Waals surface area contributed by atoms with Crippen LogP contribution < -0.4 is 0 Å². The zero-order valence-corrected chi connectivity index (χ0v) is 13.5. The number of fused-ring (bicyclic) bond motifs is 1. The van der Waals surface area contributed by atoms with Crippen LogP contribution in [0.3, 0.4) is 0 Å². The number of Topliss-reactive ketones (excluding diaryl/α,β-unsaturated/α-hetero) is 2. The molecule has 0 aliphatic heterocycles. The van der Waals surface area contributed by atoms with E-state index in [0.29, 0.717) is 0 Å². The molecule has 2 unspecified atom stereocenters. The van der Waals surface area contributed by atoms with Crippen molar-refractivity contribution in [2.45, 2.75) is 26.7 Å². The van der Waals surface area contributed by atoms with Crippen LogP contribution in [0.1, 0.15) is 47.4 Å². The molecule has 4 nitrogen and oxygen atoms in total. The van der Waals surface area contributed by atoms with Crippen molar-refractivity contribution in [3.05, 3.63) is 58.7 Å². The third-order valence-corrected chi connectivity index (χ3v) is 5.94. The summed E-state index contributed by atoms with van der Waals surface area (Å²) < 4.78 is 0. The van der Waals surface area contributed by atoms with Gasteiger partial charge in [-0.25, -0.2) is 0 Å². The predicted molar refractivity (Wildman–Crippen MR) is 86.7 cm³/mol. The Hall–Kier alpha value is -2.62. The maximum absolute atomic E-state index is 13.4. The van der Waals surface area contributed by atoms with E-state index in [-0.39, 0.29) is 24.0 Å². The summed E-state index contributed by atoms with van der Waals surface area (Å²) in [6.45, 7) is 3.73. The Kier molecular flexibility index (Phi) is 2.78. The van der Waals surface area contributed by atoms with Gasteiger partial charge in [0, 0.05) is 11.1 Å². The van der Waals surface area contributed by atoms with Gasteiger partial charge in [0.15, 0.2) is 23.1 Å². The normalized spacial score (nSPS) is 31.8. The number of carbonyl (C=O) groups excluding carboxylic acids is 4. The lowest BCUT2D eigenvalue weighted by Crippen LogP contribution is -2.65. The minimum Gasteiger partial charge on any atom is -0.294 e. The molecule has 1 aromatic rings. The van der Waals surface area contributed by atoms with Crippen molar-refractivity contribution in [1.82, 2.24) is 0 Å². The first-order valence-corrected chi connectivity index (χ1v) is 7.97. The first-order valence-electron chi connectivity index (χ1n) is 7.97. The molecule has 24 heavy (non-hydrogen) atoms. The molecule has 3 aliphatic rings. The Bertz CT molecular complexity index is 844. The third-order valence-electron chi connectivity index (χ3n) is 5.94.